The van der Waals surface area contributed by atoms with Gasteiger partial charge in [0.15, 0.2) is 0 Å². The zero-order valence-electron chi connectivity index (χ0n) is 15.3. The van der Waals surface area contributed by atoms with Gasteiger partial charge in [-0.15, -0.1) is 0 Å². The second-order valence-electron chi connectivity index (χ2n) is 7.27. The molecule has 0 saturated heterocycles. The van der Waals surface area contributed by atoms with Gasteiger partial charge in [-0.25, -0.2) is 4.68 Å². The monoisotopic (exact) mass is 371 g/mol. The summed E-state index contributed by atoms with van der Waals surface area (Å²) >= 11 is 0. The average molecular weight is 371 g/mol. The first-order valence-corrected chi connectivity index (χ1v) is 8.50. The van der Waals surface area contributed by atoms with Gasteiger partial charge in [0, 0.05) is 18.0 Å². The summed E-state index contributed by atoms with van der Waals surface area (Å²) in [5, 5.41) is 4.27. The molecule has 0 aliphatic heterocycles. The third kappa shape index (κ3) is 4.84. The van der Waals surface area contributed by atoms with Crippen LogP contribution in [-0.4, -0.2) is 21.5 Å². The van der Waals surface area contributed by atoms with Crippen LogP contribution < -0.4 is 0 Å². The second kappa shape index (κ2) is 7.02. The van der Waals surface area contributed by atoms with Gasteiger partial charge in [-0.1, -0.05) is 18.2 Å². The molecule has 0 bridgehead atoms. The number of halogens is 3. The number of alkyl halides is 3. The first kappa shape index (κ1) is 18.9. The summed E-state index contributed by atoms with van der Waals surface area (Å²) in [6, 6.07) is 12.8. The van der Waals surface area contributed by atoms with Crippen molar-refractivity contribution in [1.29, 1.82) is 0 Å². The molecule has 0 aliphatic rings. The van der Waals surface area contributed by atoms with Crippen LogP contribution in [0.25, 0.3) is 16.8 Å². The number of benzene rings is 2. The second-order valence-corrected chi connectivity index (χ2v) is 7.27. The van der Waals surface area contributed by atoms with Crippen LogP contribution in [0, 0.1) is 0 Å². The van der Waals surface area contributed by atoms with Crippen LogP contribution in [0.2, 0.25) is 0 Å². The van der Waals surface area contributed by atoms with Gasteiger partial charge >= 0.3 is 6.18 Å². The van der Waals surface area contributed by atoms with Gasteiger partial charge < -0.3 is 0 Å². The summed E-state index contributed by atoms with van der Waals surface area (Å²) in [5.41, 5.74) is 2.56. The first-order valence-electron chi connectivity index (χ1n) is 8.50. The van der Waals surface area contributed by atoms with E-state index in [1.165, 1.54) is 12.1 Å². The van der Waals surface area contributed by atoms with E-state index >= 15 is 0 Å². The first-order chi connectivity index (χ1) is 12.6. The molecule has 2 aromatic carbocycles. The van der Waals surface area contributed by atoms with Crippen LogP contribution in [-0.2, 0) is 6.18 Å². The van der Waals surface area contributed by atoms with Crippen LogP contribution in [0.4, 0.5) is 13.2 Å². The van der Waals surface area contributed by atoms with E-state index in [4.69, 9.17) is 0 Å². The minimum atomic E-state index is -4.34. The van der Waals surface area contributed by atoms with Crippen LogP contribution in [0.5, 0.6) is 0 Å². The third-order valence-corrected chi connectivity index (χ3v) is 3.86. The van der Waals surface area contributed by atoms with Crippen molar-refractivity contribution in [3.63, 3.8) is 0 Å². The van der Waals surface area contributed by atoms with Crippen molar-refractivity contribution in [3.8, 4) is 16.8 Å². The van der Waals surface area contributed by atoms with Crippen molar-refractivity contribution in [1.82, 2.24) is 9.78 Å². The molecular formula is C21H20F3N3. The van der Waals surface area contributed by atoms with E-state index < -0.39 is 11.7 Å². The lowest BCUT2D eigenvalue weighted by atomic mass is 10.1. The zero-order valence-corrected chi connectivity index (χ0v) is 15.3. The van der Waals surface area contributed by atoms with E-state index in [9.17, 15) is 13.2 Å². The highest BCUT2D eigenvalue weighted by molar-refractivity contribution is 5.82. The summed E-state index contributed by atoms with van der Waals surface area (Å²) in [6.45, 7) is 6.09. The lowest BCUT2D eigenvalue weighted by Gasteiger charge is -2.10. The van der Waals surface area contributed by atoms with Gasteiger partial charge in [-0.05, 0) is 62.2 Å². The number of nitrogens with zero attached hydrogens (tertiary/aromatic N) is 3. The number of aromatic nitrogens is 2. The molecule has 0 unspecified atom stereocenters. The van der Waals surface area contributed by atoms with Crippen molar-refractivity contribution < 1.29 is 13.2 Å². The van der Waals surface area contributed by atoms with E-state index in [0.29, 0.717) is 5.69 Å². The lowest BCUT2D eigenvalue weighted by molar-refractivity contribution is -0.137. The molecular weight excluding hydrogens is 351 g/mol. The average Bonchev–Trinajstić information content (AvgIpc) is 3.09. The molecule has 140 valence electrons. The molecule has 0 atom stereocenters. The fourth-order valence-corrected chi connectivity index (χ4v) is 2.48. The number of aliphatic imine (C=N–C) groups is 1. The molecule has 0 spiro atoms. The molecule has 1 heterocycles. The normalized spacial score (nSPS) is 12.7. The Hall–Kier alpha value is -2.89. The third-order valence-electron chi connectivity index (χ3n) is 3.86. The Labute approximate surface area is 156 Å². The quantitative estimate of drug-likeness (QED) is 0.537. The largest absolute Gasteiger partial charge is 0.416 e. The van der Waals surface area contributed by atoms with Crippen LogP contribution in [0.1, 0.15) is 31.9 Å². The van der Waals surface area contributed by atoms with Crippen LogP contribution in [0.3, 0.4) is 0 Å². The lowest BCUT2D eigenvalue weighted by Crippen LogP contribution is -2.09. The standard InChI is InChI=1S/C21H20F3N3/c1-20(2,3)25-12-15-5-4-6-16(11-15)17-13-26-27(14-17)19-9-7-18(8-10-19)21(22,23)24/h4-14H,1-3H3. The van der Waals surface area contributed by atoms with Gasteiger partial charge in [0.2, 0.25) is 0 Å². The molecule has 3 nitrogen and oxygen atoms in total. The van der Waals surface area contributed by atoms with E-state index in [1.54, 1.807) is 17.1 Å². The maximum atomic E-state index is 12.7. The summed E-state index contributed by atoms with van der Waals surface area (Å²) in [7, 11) is 0. The highest BCUT2D eigenvalue weighted by atomic mass is 19.4. The minimum absolute atomic E-state index is 0.149. The maximum absolute atomic E-state index is 12.7. The van der Waals surface area contributed by atoms with E-state index in [2.05, 4.69) is 10.1 Å². The highest BCUT2D eigenvalue weighted by Crippen LogP contribution is 2.30. The SMILES string of the molecule is CC(C)(C)N=Cc1cccc(-c2cnn(-c3ccc(C(F)(F)F)cc3)c2)c1. The summed E-state index contributed by atoms with van der Waals surface area (Å²) in [4.78, 5) is 4.50. The van der Waals surface area contributed by atoms with Crippen molar-refractivity contribution in [2.45, 2.75) is 32.5 Å². The molecule has 0 N–H and O–H groups in total. The molecule has 3 aromatic rings. The molecule has 0 aliphatic carbocycles. The Bertz CT molecular complexity index is 946. The van der Waals surface area contributed by atoms with Crippen molar-refractivity contribution in [3.05, 3.63) is 72.1 Å². The van der Waals surface area contributed by atoms with Gasteiger partial charge in [-0.3, -0.25) is 4.99 Å². The minimum Gasteiger partial charge on any atom is -0.287 e. The zero-order chi connectivity index (χ0) is 19.7. The summed E-state index contributed by atoms with van der Waals surface area (Å²) in [6.07, 6.45) is 0.979. The molecule has 1 aromatic heterocycles. The summed E-state index contributed by atoms with van der Waals surface area (Å²) in [5.74, 6) is 0. The summed E-state index contributed by atoms with van der Waals surface area (Å²) < 4.78 is 39.6. The van der Waals surface area contributed by atoms with E-state index in [0.717, 1.165) is 28.8 Å². The topological polar surface area (TPSA) is 30.2 Å². The van der Waals surface area contributed by atoms with Gasteiger partial charge in [0.1, 0.15) is 0 Å². The van der Waals surface area contributed by atoms with Gasteiger partial charge in [0.05, 0.1) is 23.0 Å². The van der Waals surface area contributed by atoms with Crippen molar-refractivity contribution in [2.24, 2.45) is 4.99 Å². The molecule has 0 radical (unpaired) electrons. The van der Waals surface area contributed by atoms with Crippen LogP contribution in [0.15, 0.2) is 65.9 Å². The smallest absolute Gasteiger partial charge is 0.287 e. The maximum Gasteiger partial charge on any atom is 0.416 e. The molecule has 0 fully saturated rings. The molecule has 0 amide bonds. The fourth-order valence-electron chi connectivity index (χ4n) is 2.48. The Morgan fingerprint density at radius 3 is 2.30 bits per heavy atom. The predicted octanol–water partition coefficient (Wildman–Crippen LogP) is 5.78. The van der Waals surface area contributed by atoms with Gasteiger partial charge in [-0.2, -0.15) is 18.3 Å². The molecule has 6 heteroatoms. The predicted molar refractivity (Wildman–Crippen MR) is 101 cm³/mol. The van der Waals surface area contributed by atoms with E-state index in [-0.39, 0.29) is 5.54 Å². The fraction of sp³-hybridized carbons (Fsp3) is 0.238. The Morgan fingerprint density at radius 1 is 0.963 bits per heavy atom. The Morgan fingerprint density at radius 2 is 1.67 bits per heavy atom. The van der Waals surface area contributed by atoms with E-state index in [1.807, 2.05) is 51.3 Å². The number of hydrogen-bond acceptors (Lipinski definition) is 2. The molecule has 0 saturated carbocycles. The van der Waals surface area contributed by atoms with Gasteiger partial charge in [0.25, 0.3) is 0 Å². The highest BCUT2D eigenvalue weighted by Gasteiger charge is 2.30. The Balaban J connectivity index is 1.85. The van der Waals surface area contributed by atoms with Crippen molar-refractivity contribution in [2.75, 3.05) is 0 Å². The Kier molecular flexibility index (Phi) is 4.91. The number of rotatable bonds is 3. The number of hydrogen-bond donors (Lipinski definition) is 0. The van der Waals surface area contributed by atoms with Crippen molar-refractivity contribution >= 4 is 6.21 Å². The van der Waals surface area contributed by atoms with Crippen LogP contribution >= 0.6 is 0 Å². The molecule has 3 rings (SSSR count). The molecule has 27 heavy (non-hydrogen) atoms.